The van der Waals surface area contributed by atoms with Gasteiger partial charge in [0.25, 0.3) is 5.91 Å². The molecule has 118 valence electrons. The molecular weight excluding hydrogens is 304 g/mol. The highest BCUT2D eigenvalue weighted by molar-refractivity contribution is 6.31. The van der Waals surface area contributed by atoms with Crippen molar-refractivity contribution in [3.63, 3.8) is 0 Å². The molecule has 2 saturated carbocycles. The van der Waals surface area contributed by atoms with E-state index in [4.69, 9.17) is 11.6 Å². The van der Waals surface area contributed by atoms with Crippen molar-refractivity contribution >= 4 is 23.4 Å². The maximum atomic E-state index is 12.0. The van der Waals surface area contributed by atoms with Crippen LogP contribution in [0, 0.1) is 17.8 Å². The number of carbonyl (C=O) groups excluding carboxylic acids is 2. The predicted molar refractivity (Wildman–Crippen MR) is 82.3 cm³/mol. The Morgan fingerprint density at radius 1 is 1.18 bits per heavy atom. The van der Waals surface area contributed by atoms with E-state index in [0.717, 1.165) is 0 Å². The molecule has 3 rings (SSSR count). The number of hydrazine groups is 1. The van der Waals surface area contributed by atoms with Gasteiger partial charge in [-0.15, -0.1) is 0 Å². The zero-order valence-electron chi connectivity index (χ0n) is 12.1. The second-order valence-electron chi connectivity index (χ2n) is 6.21. The smallest absolute Gasteiger partial charge is 0.273 e. The van der Waals surface area contributed by atoms with E-state index in [-0.39, 0.29) is 17.2 Å². The number of hydrogen-bond acceptors (Lipinski definition) is 3. The first kappa shape index (κ1) is 15.2. The van der Waals surface area contributed by atoms with Gasteiger partial charge in [-0.1, -0.05) is 11.6 Å². The first-order valence-electron chi connectivity index (χ1n) is 7.62. The molecule has 0 aliphatic heterocycles. The van der Waals surface area contributed by atoms with Gasteiger partial charge >= 0.3 is 0 Å². The van der Waals surface area contributed by atoms with Crippen molar-refractivity contribution in [2.24, 2.45) is 17.8 Å². The van der Waals surface area contributed by atoms with Crippen LogP contribution < -0.4 is 10.9 Å². The van der Waals surface area contributed by atoms with Crippen LogP contribution in [0.15, 0.2) is 18.2 Å². The highest BCUT2D eigenvalue weighted by Gasteiger charge is 2.42. The summed E-state index contributed by atoms with van der Waals surface area (Å²) >= 11 is 5.80. The molecule has 0 bridgehead atoms. The molecule has 0 heterocycles. The summed E-state index contributed by atoms with van der Waals surface area (Å²) in [6.07, 6.45) is 5.33. The van der Waals surface area contributed by atoms with Crippen LogP contribution in [0.5, 0.6) is 5.75 Å². The molecule has 0 radical (unpaired) electrons. The van der Waals surface area contributed by atoms with Crippen LogP contribution in [-0.2, 0) is 4.79 Å². The molecule has 0 spiro atoms. The molecular formula is C16H19ClN2O3. The molecule has 0 atom stereocenters. The number of phenols is 1. The third-order valence-corrected chi connectivity index (χ3v) is 4.63. The van der Waals surface area contributed by atoms with Crippen molar-refractivity contribution in [3.8, 4) is 5.75 Å². The van der Waals surface area contributed by atoms with Crippen molar-refractivity contribution in [1.82, 2.24) is 10.9 Å². The zero-order valence-corrected chi connectivity index (χ0v) is 12.9. The summed E-state index contributed by atoms with van der Waals surface area (Å²) in [7, 11) is 0. The molecule has 0 aromatic heterocycles. The fourth-order valence-electron chi connectivity index (χ4n) is 2.92. The topological polar surface area (TPSA) is 78.4 Å². The van der Waals surface area contributed by atoms with Crippen LogP contribution in [-0.4, -0.2) is 16.9 Å². The standard InChI is InChI=1S/C16H19ClN2O3/c17-11-5-6-14(20)13(7-11)16(22)19-18-15(21)8-12(9-1-2-9)10-3-4-10/h5-7,9-10,12,20H,1-4,8H2,(H,18,21)(H,19,22). The maximum absolute atomic E-state index is 12.0. The third kappa shape index (κ3) is 3.71. The van der Waals surface area contributed by atoms with Gasteiger partial charge in [0.15, 0.2) is 0 Å². The van der Waals surface area contributed by atoms with Crippen molar-refractivity contribution in [2.75, 3.05) is 0 Å². The molecule has 0 unspecified atom stereocenters. The summed E-state index contributed by atoms with van der Waals surface area (Å²) in [4.78, 5) is 23.9. The highest BCUT2D eigenvalue weighted by atomic mass is 35.5. The second kappa shape index (κ2) is 6.16. The Bertz CT molecular complexity index is 585. The molecule has 6 heteroatoms. The summed E-state index contributed by atoms with van der Waals surface area (Å²) in [6.45, 7) is 0. The van der Waals surface area contributed by atoms with Crippen LogP contribution in [0.25, 0.3) is 0 Å². The van der Waals surface area contributed by atoms with Crippen molar-refractivity contribution in [3.05, 3.63) is 28.8 Å². The van der Waals surface area contributed by atoms with E-state index in [1.165, 1.54) is 43.9 Å². The van der Waals surface area contributed by atoms with E-state index in [1.54, 1.807) is 0 Å². The van der Waals surface area contributed by atoms with E-state index in [9.17, 15) is 14.7 Å². The van der Waals surface area contributed by atoms with Gasteiger partial charge in [-0.05, 0) is 61.6 Å². The highest BCUT2D eigenvalue weighted by Crippen LogP contribution is 2.50. The summed E-state index contributed by atoms with van der Waals surface area (Å²) in [5.74, 6) is 0.889. The van der Waals surface area contributed by atoms with Gasteiger partial charge in [0.1, 0.15) is 5.75 Å². The average Bonchev–Trinajstić information content (AvgIpc) is 3.37. The molecule has 3 N–H and O–H groups in total. The molecule has 2 aliphatic carbocycles. The van der Waals surface area contributed by atoms with E-state index in [2.05, 4.69) is 10.9 Å². The fourth-order valence-corrected chi connectivity index (χ4v) is 3.09. The minimum Gasteiger partial charge on any atom is -0.507 e. The van der Waals surface area contributed by atoms with Gasteiger partial charge < -0.3 is 5.11 Å². The molecule has 2 amide bonds. The molecule has 5 nitrogen and oxygen atoms in total. The van der Waals surface area contributed by atoms with Crippen molar-refractivity contribution in [1.29, 1.82) is 0 Å². The Morgan fingerprint density at radius 2 is 1.82 bits per heavy atom. The Kier molecular flexibility index (Phi) is 4.25. The number of phenolic OH excluding ortho intramolecular Hbond substituents is 1. The van der Waals surface area contributed by atoms with E-state index in [0.29, 0.717) is 29.2 Å². The van der Waals surface area contributed by atoms with Gasteiger partial charge in [0, 0.05) is 11.4 Å². The van der Waals surface area contributed by atoms with Gasteiger partial charge in [0.2, 0.25) is 5.91 Å². The third-order valence-electron chi connectivity index (χ3n) is 4.39. The quantitative estimate of drug-likeness (QED) is 0.729. The monoisotopic (exact) mass is 322 g/mol. The molecule has 22 heavy (non-hydrogen) atoms. The lowest BCUT2D eigenvalue weighted by molar-refractivity contribution is -0.123. The van der Waals surface area contributed by atoms with Crippen LogP contribution in [0.2, 0.25) is 5.02 Å². The minimum atomic E-state index is -0.581. The molecule has 1 aromatic rings. The van der Waals surface area contributed by atoms with Crippen LogP contribution in [0.4, 0.5) is 0 Å². The number of halogens is 1. The second-order valence-corrected chi connectivity index (χ2v) is 6.64. The lowest BCUT2D eigenvalue weighted by Gasteiger charge is -2.15. The maximum Gasteiger partial charge on any atom is 0.273 e. The van der Waals surface area contributed by atoms with Crippen molar-refractivity contribution < 1.29 is 14.7 Å². The van der Waals surface area contributed by atoms with E-state index >= 15 is 0 Å². The lowest BCUT2D eigenvalue weighted by Crippen LogP contribution is -2.42. The molecule has 1 aromatic carbocycles. The number of rotatable bonds is 5. The number of benzene rings is 1. The zero-order chi connectivity index (χ0) is 15.7. The summed E-state index contributed by atoms with van der Waals surface area (Å²) in [5, 5.41) is 9.99. The number of amides is 2. The number of aromatic hydroxyl groups is 1. The first-order chi connectivity index (χ1) is 10.5. The Balaban J connectivity index is 1.51. The largest absolute Gasteiger partial charge is 0.507 e. The summed E-state index contributed by atoms with van der Waals surface area (Å²) < 4.78 is 0. The van der Waals surface area contributed by atoms with Gasteiger partial charge in [-0.3, -0.25) is 20.4 Å². The number of nitrogens with one attached hydrogen (secondary N) is 2. The van der Waals surface area contributed by atoms with E-state index in [1.807, 2.05) is 0 Å². The predicted octanol–water partition coefficient (Wildman–Crippen LogP) is 2.63. The number of hydrogen-bond donors (Lipinski definition) is 3. The Hall–Kier alpha value is -1.75. The minimum absolute atomic E-state index is 0.0359. The lowest BCUT2D eigenvalue weighted by atomic mass is 9.94. The summed E-state index contributed by atoms with van der Waals surface area (Å²) in [5.41, 5.74) is 4.80. The van der Waals surface area contributed by atoms with Gasteiger partial charge in [0.05, 0.1) is 5.56 Å². The van der Waals surface area contributed by atoms with Gasteiger partial charge in [-0.25, -0.2) is 0 Å². The average molecular weight is 323 g/mol. The normalized spacial score (nSPS) is 17.4. The van der Waals surface area contributed by atoms with Crippen LogP contribution in [0.3, 0.4) is 0 Å². The molecule has 2 fully saturated rings. The fraction of sp³-hybridized carbons (Fsp3) is 0.500. The first-order valence-corrected chi connectivity index (χ1v) is 8.00. The Morgan fingerprint density at radius 3 is 2.41 bits per heavy atom. The summed E-state index contributed by atoms with van der Waals surface area (Å²) in [6, 6.07) is 4.19. The number of carbonyl (C=O) groups is 2. The van der Waals surface area contributed by atoms with Crippen LogP contribution in [0.1, 0.15) is 42.5 Å². The van der Waals surface area contributed by atoms with Crippen LogP contribution >= 0.6 is 11.6 Å². The van der Waals surface area contributed by atoms with Gasteiger partial charge in [-0.2, -0.15) is 0 Å². The van der Waals surface area contributed by atoms with Crippen molar-refractivity contribution in [2.45, 2.75) is 32.1 Å². The SMILES string of the molecule is O=C(CC(C1CC1)C1CC1)NNC(=O)c1cc(Cl)ccc1O. The Labute approximate surface area is 134 Å². The van der Waals surface area contributed by atoms with E-state index < -0.39 is 5.91 Å². The molecule has 2 aliphatic rings. The molecule has 0 saturated heterocycles.